The molecule has 1 heterocycles. The van der Waals surface area contributed by atoms with Gasteiger partial charge in [0.2, 0.25) is 0 Å². The molecule has 104 valence electrons. The lowest BCUT2D eigenvalue weighted by Gasteiger charge is -2.18. The van der Waals surface area contributed by atoms with Crippen LogP contribution in [0.1, 0.15) is 24.5 Å². The molecule has 19 heavy (non-hydrogen) atoms. The first-order valence-electron chi connectivity index (χ1n) is 6.11. The number of amides is 1. The van der Waals surface area contributed by atoms with Gasteiger partial charge in [-0.2, -0.15) is 0 Å². The largest absolute Gasteiger partial charge is 0.383 e. The minimum Gasteiger partial charge on any atom is -0.383 e. The van der Waals surface area contributed by atoms with Crippen LogP contribution in [0.3, 0.4) is 0 Å². The Balaban J connectivity index is 2.24. The van der Waals surface area contributed by atoms with E-state index in [2.05, 4.69) is 0 Å². The highest BCUT2D eigenvalue weighted by Crippen LogP contribution is 2.26. The molecule has 0 fully saturated rings. The summed E-state index contributed by atoms with van der Waals surface area (Å²) < 4.78 is 23.0. The first-order chi connectivity index (χ1) is 8.82. The number of benzene rings is 1. The van der Waals surface area contributed by atoms with Crippen molar-refractivity contribution in [2.75, 3.05) is 6.26 Å². The van der Waals surface area contributed by atoms with Gasteiger partial charge in [-0.3, -0.25) is 4.79 Å². The molecule has 1 aliphatic rings. The highest BCUT2D eigenvalue weighted by molar-refractivity contribution is 7.90. The van der Waals surface area contributed by atoms with Crippen LogP contribution in [0, 0.1) is 0 Å². The van der Waals surface area contributed by atoms with Gasteiger partial charge in [-0.1, -0.05) is 13.0 Å². The summed E-state index contributed by atoms with van der Waals surface area (Å²) in [4.78, 5) is 13.7. The zero-order valence-electron chi connectivity index (χ0n) is 11.0. The Kier molecular flexibility index (Phi) is 3.64. The Hall–Kier alpha value is -1.40. The average Bonchev–Trinajstić information content (AvgIpc) is 2.78. The van der Waals surface area contributed by atoms with Crippen molar-refractivity contribution in [1.82, 2.24) is 4.90 Å². The van der Waals surface area contributed by atoms with Crippen LogP contribution >= 0.6 is 0 Å². The smallest absolute Gasteiger partial charge is 0.251 e. The maximum atomic E-state index is 11.9. The van der Waals surface area contributed by atoms with Crippen LogP contribution in [0.15, 0.2) is 23.1 Å². The molecule has 0 unspecified atom stereocenters. The zero-order chi connectivity index (χ0) is 14.2. The maximum Gasteiger partial charge on any atom is 0.251 e. The van der Waals surface area contributed by atoms with Crippen molar-refractivity contribution in [2.24, 2.45) is 0 Å². The molecule has 0 saturated heterocycles. The Morgan fingerprint density at radius 3 is 2.58 bits per heavy atom. The van der Waals surface area contributed by atoms with Gasteiger partial charge in [0, 0.05) is 19.3 Å². The number of hydrogen-bond donors (Lipinski definition) is 1. The van der Waals surface area contributed by atoms with E-state index in [1.165, 1.54) is 0 Å². The number of carbonyl (C=O) groups is 1. The molecule has 0 aromatic heterocycles. The van der Waals surface area contributed by atoms with Gasteiger partial charge in [0.1, 0.15) is 6.10 Å². The molecule has 1 amide bonds. The van der Waals surface area contributed by atoms with E-state index < -0.39 is 15.9 Å². The second kappa shape index (κ2) is 4.94. The van der Waals surface area contributed by atoms with Crippen LogP contribution in [0.4, 0.5) is 0 Å². The Morgan fingerprint density at radius 1 is 1.37 bits per heavy atom. The van der Waals surface area contributed by atoms with Crippen molar-refractivity contribution in [1.29, 1.82) is 0 Å². The number of fused-ring (bicyclic) bond motifs is 1. The molecule has 1 aliphatic heterocycles. The summed E-state index contributed by atoms with van der Waals surface area (Å²) in [7, 11) is -3.24. The summed E-state index contributed by atoms with van der Waals surface area (Å²) in [6.45, 7) is 2.53. The van der Waals surface area contributed by atoms with E-state index in [1.54, 1.807) is 30.0 Å². The number of carbonyl (C=O) groups excluding carboxylic acids is 1. The number of sulfone groups is 1. The Bertz CT molecular complexity index is 609. The highest BCUT2D eigenvalue weighted by Gasteiger charge is 2.27. The number of aliphatic hydroxyl groups is 1. The minimum atomic E-state index is -3.24. The fourth-order valence-electron chi connectivity index (χ4n) is 2.14. The fourth-order valence-corrected chi connectivity index (χ4v) is 2.81. The highest BCUT2D eigenvalue weighted by atomic mass is 32.2. The second-order valence-electron chi connectivity index (χ2n) is 4.82. The van der Waals surface area contributed by atoms with E-state index in [0.717, 1.165) is 17.4 Å². The van der Waals surface area contributed by atoms with Crippen molar-refractivity contribution in [2.45, 2.75) is 37.4 Å². The van der Waals surface area contributed by atoms with Gasteiger partial charge in [-0.25, -0.2) is 8.42 Å². The van der Waals surface area contributed by atoms with E-state index in [1.807, 2.05) is 0 Å². The summed E-state index contributed by atoms with van der Waals surface area (Å²) in [5.74, 6) is -0.306. The fraction of sp³-hybridized carbons (Fsp3) is 0.462. The number of hydrogen-bond acceptors (Lipinski definition) is 4. The predicted molar refractivity (Wildman–Crippen MR) is 70.1 cm³/mol. The monoisotopic (exact) mass is 283 g/mol. The van der Waals surface area contributed by atoms with Crippen molar-refractivity contribution in [3.8, 4) is 0 Å². The lowest BCUT2D eigenvalue weighted by molar-refractivity contribution is -0.140. The standard InChI is InChI=1S/C13H17NO4S/c1-3-12(15)13(16)14-7-9-4-5-11(19(2,17)18)6-10(9)8-14/h4-6,12,15H,3,7-8H2,1-2H3/t12-/m0/s1. The molecule has 5 nitrogen and oxygen atoms in total. The topological polar surface area (TPSA) is 74.7 Å². The SMILES string of the molecule is CC[C@H](O)C(=O)N1Cc2ccc(S(C)(=O)=O)cc2C1. The van der Waals surface area contributed by atoms with Crippen LogP contribution in [0.25, 0.3) is 0 Å². The molecule has 0 radical (unpaired) electrons. The number of rotatable bonds is 3. The van der Waals surface area contributed by atoms with Gasteiger partial charge in [0.05, 0.1) is 4.90 Å². The van der Waals surface area contributed by atoms with Crippen LogP contribution in [0.2, 0.25) is 0 Å². The molecular formula is C13H17NO4S. The third-order valence-corrected chi connectivity index (χ3v) is 4.42. The lowest BCUT2D eigenvalue weighted by Crippen LogP contribution is -2.35. The predicted octanol–water partition coefficient (Wildman–Crippen LogP) is 0.703. The molecule has 0 bridgehead atoms. The molecule has 1 N–H and O–H groups in total. The summed E-state index contributed by atoms with van der Waals surface area (Å²) in [6.07, 6.45) is 0.553. The first kappa shape index (κ1) is 14.0. The molecule has 2 rings (SSSR count). The second-order valence-corrected chi connectivity index (χ2v) is 6.84. The molecule has 1 aromatic carbocycles. The van der Waals surface area contributed by atoms with Gasteiger partial charge in [0.25, 0.3) is 5.91 Å². The van der Waals surface area contributed by atoms with Gasteiger partial charge < -0.3 is 10.0 Å². The van der Waals surface area contributed by atoms with Crippen LogP contribution < -0.4 is 0 Å². The third kappa shape index (κ3) is 2.79. The number of nitrogens with zero attached hydrogens (tertiary/aromatic N) is 1. The molecule has 0 saturated carbocycles. The van der Waals surface area contributed by atoms with Crippen LogP contribution in [-0.4, -0.2) is 36.7 Å². The summed E-state index contributed by atoms with van der Waals surface area (Å²) in [5.41, 5.74) is 1.77. The average molecular weight is 283 g/mol. The molecule has 0 aliphatic carbocycles. The van der Waals surface area contributed by atoms with Crippen molar-refractivity contribution in [3.05, 3.63) is 29.3 Å². The quantitative estimate of drug-likeness (QED) is 0.886. The Morgan fingerprint density at radius 2 is 2.00 bits per heavy atom. The first-order valence-corrected chi connectivity index (χ1v) is 8.00. The van der Waals surface area contributed by atoms with Crippen LogP contribution in [-0.2, 0) is 27.7 Å². The summed E-state index contributed by atoms with van der Waals surface area (Å²) in [5, 5.41) is 9.56. The van der Waals surface area contributed by atoms with Gasteiger partial charge in [-0.05, 0) is 29.7 Å². The number of aliphatic hydroxyl groups excluding tert-OH is 1. The summed E-state index contributed by atoms with van der Waals surface area (Å²) >= 11 is 0. The molecule has 1 atom stereocenters. The van der Waals surface area contributed by atoms with E-state index >= 15 is 0 Å². The minimum absolute atomic E-state index is 0.261. The maximum absolute atomic E-state index is 11.9. The Labute approximate surface area is 112 Å². The van der Waals surface area contributed by atoms with Crippen molar-refractivity contribution in [3.63, 3.8) is 0 Å². The van der Waals surface area contributed by atoms with Gasteiger partial charge >= 0.3 is 0 Å². The van der Waals surface area contributed by atoms with Crippen molar-refractivity contribution < 1.29 is 18.3 Å². The van der Waals surface area contributed by atoms with E-state index in [0.29, 0.717) is 19.5 Å². The lowest BCUT2D eigenvalue weighted by atomic mass is 10.1. The van der Waals surface area contributed by atoms with E-state index in [4.69, 9.17) is 0 Å². The third-order valence-electron chi connectivity index (χ3n) is 3.31. The zero-order valence-corrected chi connectivity index (χ0v) is 11.8. The molecular weight excluding hydrogens is 266 g/mol. The van der Waals surface area contributed by atoms with Gasteiger partial charge in [0.15, 0.2) is 9.84 Å². The molecule has 6 heteroatoms. The molecule has 0 spiro atoms. The van der Waals surface area contributed by atoms with Crippen molar-refractivity contribution >= 4 is 15.7 Å². The summed E-state index contributed by atoms with van der Waals surface area (Å²) in [6, 6.07) is 4.89. The van der Waals surface area contributed by atoms with Crippen LogP contribution in [0.5, 0.6) is 0 Å². The van der Waals surface area contributed by atoms with E-state index in [-0.39, 0.29) is 10.8 Å². The normalized spacial score (nSPS) is 16.3. The van der Waals surface area contributed by atoms with Gasteiger partial charge in [-0.15, -0.1) is 0 Å². The van der Waals surface area contributed by atoms with E-state index in [9.17, 15) is 18.3 Å². The molecule has 1 aromatic rings.